The molecule has 0 saturated carbocycles. The molecule has 2 aromatic heterocycles. The van der Waals surface area contributed by atoms with Crippen LogP contribution in [0, 0.1) is 5.82 Å². The second kappa shape index (κ2) is 11.0. The smallest absolute Gasteiger partial charge is 0.332 e. The Morgan fingerprint density at radius 2 is 1.51 bits per heavy atom. The first-order valence-electron chi connectivity index (χ1n) is 12.9. The topological polar surface area (TPSA) is 113 Å². The Morgan fingerprint density at radius 1 is 0.902 bits per heavy atom. The number of nitrogens with zero attached hydrogens (tertiary/aromatic N) is 6. The van der Waals surface area contributed by atoms with Gasteiger partial charge >= 0.3 is 5.69 Å². The molecule has 1 aliphatic heterocycles. The number of ether oxygens (including phenoxy) is 3. The van der Waals surface area contributed by atoms with Crippen LogP contribution in [0.3, 0.4) is 0 Å². The molecule has 1 fully saturated rings. The monoisotopic (exact) mass is 566 g/mol. The molecule has 1 amide bonds. The third-order valence-corrected chi connectivity index (χ3v) is 7.34. The Kier molecular flexibility index (Phi) is 7.43. The van der Waals surface area contributed by atoms with Crippen molar-refractivity contribution < 1.29 is 23.4 Å². The number of benzene rings is 2. The Morgan fingerprint density at radius 3 is 2.07 bits per heavy atom. The van der Waals surface area contributed by atoms with Crippen LogP contribution in [0.1, 0.15) is 15.9 Å². The van der Waals surface area contributed by atoms with Gasteiger partial charge in [-0.15, -0.1) is 0 Å². The lowest BCUT2D eigenvalue weighted by Crippen LogP contribution is -2.49. The molecular weight excluding hydrogens is 535 g/mol. The first-order valence-corrected chi connectivity index (χ1v) is 12.9. The maximum absolute atomic E-state index is 13.6. The minimum atomic E-state index is -0.485. The molecule has 0 N–H and O–H groups in total. The zero-order valence-electron chi connectivity index (χ0n) is 23.5. The van der Waals surface area contributed by atoms with E-state index in [1.165, 1.54) is 45.1 Å². The van der Waals surface area contributed by atoms with Crippen molar-refractivity contribution in [2.24, 2.45) is 14.1 Å². The summed E-state index contributed by atoms with van der Waals surface area (Å²) in [5.74, 6) is 1.10. The third-order valence-electron chi connectivity index (χ3n) is 7.34. The van der Waals surface area contributed by atoms with Gasteiger partial charge in [-0.05, 0) is 29.8 Å². The van der Waals surface area contributed by atoms with E-state index >= 15 is 0 Å². The minimum absolute atomic E-state index is 0.194. The number of rotatable bonds is 7. The molecule has 0 aliphatic carbocycles. The van der Waals surface area contributed by atoms with E-state index < -0.39 is 11.2 Å². The molecule has 5 rings (SSSR count). The predicted molar refractivity (Wildman–Crippen MR) is 150 cm³/mol. The van der Waals surface area contributed by atoms with Gasteiger partial charge in [0.15, 0.2) is 22.7 Å². The maximum atomic E-state index is 13.6. The Bertz CT molecular complexity index is 1710. The molecule has 1 aliphatic rings. The van der Waals surface area contributed by atoms with E-state index in [-0.39, 0.29) is 29.4 Å². The quantitative estimate of drug-likeness (QED) is 0.332. The molecule has 0 radical (unpaired) electrons. The first kappa shape index (κ1) is 27.7. The van der Waals surface area contributed by atoms with Crippen LogP contribution < -0.4 is 30.4 Å². The zero-order chi connectivity index (χ0) is 29.4. The summed E-state index contributed by atoms with van der Waals surface area (Å²) in [6, 6.07) is 9.24. The fourth-order valence-electron chi connectivity index (χ4n) is 5.10. The van der Waals surface area contributed by atoms with Gasteiger partial charge in [-0.25, -0.2) is 9.18 Å². The van der Waals surface area contributed by atoms with E-state index in [9.17, 15) is 18.8 Å². The maximum Gasteiger partial charge on any atom is 0.332 e. The molecule has 12 nitrogen and oxygen atoms in total. The van der Waals surface area contributed by atoms with Crippen LogP contribution in [-0.4, -0.2) is 77.0 Å². The first-order chi connectivity index (χ1) is 19.7. The second-order valence-electron chi connectivity index (χ2n) is 9.70. The predicted octanol–water partition coefficient (Wildman–Crippen LogP) is 1.61. The Hall–Kier alpha value is -4.81. The molecule has 4 aromatic rings. The van der Waals surface area contributed by atoms with E-state index in [0.717, 1.165) is 10.1 Å². The summed E-state index contributed by atoms with van der Waals surface area (Å²) in [5, 5.41) is 0. The lowest BCUT2D eigenvalue weighted by Gasteiger charge is -2.35. The highest BCUT2D eigenvalue weighted by Crippen LogP contribution is 2.38. The number of methoxy groups -OCH3 is 3. The molecule has 13 heteroatoms. The van der Waals surface area contributed by atoms with Crippen molar-refractivity contribution in [3.05, 3.63) is 74.2 Å². The van der Waals surface area contributed by atoms with Gasteiger partial charge in [0.2, 0.25) is 11.7 Å². The number of halogens is 1. The van der Waals surface area contributed by atoms with E-state index in [4.69, 9.17) is 19.2 Å². The average Bonchev–Trinajstić information content (AvgIpc) is 3.38. The Balaban J connectivity index is 1.47. The number of anilines is 1. The van der Waals surface area contributed by atoms with Crippen molar-refractivity contribution in [1.82, 2.24) is 23.6 Å². The summed E-state index contributed by atoms with van der Waals surface area (Å²) >= 11 is 0. The fourth-order valence-corrected chi connectivity index (χ4v) is 5.10. The van der Waals surface area contributed by atoms with Crippen molar-refractivity contribution in [3.8, 4) is 17.2 Å². The molecule has 1 saturated heterocycles. The molecule has 3 heterocycles. The van der Waals surface area contributed by atoms with Crippen LogP contribution in [0.25, 0.3) is 11.2 Å². The Labute approximate surface area is 234 Å². The zero-order valence-corrected chi connectivity index (χ0v) is 23.5. The van der Waals surface area contributed by atoms with Gasteiger partial charge < -0.3 is 24.0 Å². The number of amides is 1. The van der Waals surface area contributed by atoms with Crippen LogP contribution in [0.15, 0.2) is 46.0 Å². The molecule has 0 spiro atoms. The van der Waals surface area contributed by atoms with E-state index in [2.05, 4.69) is 0 Å². The average molecular weight is 567 g/mol. The summed E-state index contributed by atoms with van der Waals surface area (Å²) in [6.45, 7) is 1.86. The molecule has 216 valence electrons. The standard InChI is InChI=1S/C28H31FN6O6/c1-31-24-22(26(37)32(2)28(31)38)35(16-17-6-8-19(29)9-7-17)27(30-24)34-12-10-33(11-13-34)25(36)18-14-20(39-3)23(41-5)21(15-18)40-4/h6-9,14-15H,10-13,16H2,1-5H3. The van der Waals surface area contributed by atoms with Crippen LogP contribution in [0.2, 0.25) is 0 Å². The minimum Gasteiger partial charge on any atom is -0.493 e. The lowest BCUT2D eigenvalue weighted by molar-refractivity contribution is 0.0745. The van der Waals surface area contributed by atoms with Crippen molar-refractivity contribution in [1.29, 1.82) is 0 Å². The largest absolute Gasteiger partial charge is 0.493 e. The SMILES string of the molecule is COc1cc(C(=O)N2CCN(c3nc4c(c(=O)n(C)c(=O)n4C)n3Cc3ccc(F)cc3)CC2)cc(OC)c1OC. The molecule has 0 bridgehead atoms. The summed E-state index contributed by atoms with van der Waals surface area (Å²) in [6.07, 6.45) is 0. The van der Waals surface area contributed by atoms with Crippen molar-refractivity contribution in [2.75, 3.05) is 52.4 Å². The molecule has 41 heavy (non-hydrogen) atoms. The highest BCUT2D eigenvalue weighted by molar-refractivity contribution is 5.96. The highest BCUT2D eigenvalue weighted by Gasteiger charge is 2.29. The van der Waals surface area contributed by atoms with Gasteiger partial charge in [0.1, 0.15) is 5.82 Å². The normalized spacial score (nSPS) is 13.5. The third kappa shape index (κ3) is 4.87. The number of aromatic nitrogens is 4. The van der Waals surface area contributed by atoms with Gasteiger partial charge in [0.05, 0.1) is 27.9 Å². The van der Waals surface area contributed by atoms with E-state index in [1.54, 1.807) is 40.8 Å². The lowest BCUT2D eigenvalue weighted by atomic mass is 10.1. The van der Waals surface area contributed by atoms with E-state index in [0.29, 0.717) is 54.9 Å². The van der Waals surface area contributed by atoms with Crippen LogP contribution in [-0.2, 0) is 20.6 Å². The number of carbonyl (C=O) groups excluding carboxylic acids is 1. The fraction of sp³-hybridized carbons (Fsp3) is 0.357. The van der Waals surface area contributed by atoms with Crippen molar-refractivity contribution in [2.45, 2.75) is 6.54 Å². The van der Waals surface area contributed by atoms with Gasteiger partial charge in [-0.3, -0.25) is 23.3 Å². The second-order valence-corrected chi connectivity index (χ2v) is 9.70. The van der Waals surface area contributed by atoms with Crippen molar-refractivity contribution in [3.63, 3.8) is 0 Å². The summed E-state index contributed by atoms with van der Waals surface area (Å²) in [4.78, 5) is 47.7. The van der Waals surface area contributed by atoms with E-state index in [1.807, 2.05) is 4.90 Å². The van der Waals surface area contributed by atoms with Crippen molar-refractivity contribution >= 4 is 23.0 Å². The summed E-state index contributed by atoms with van der Waals surface area (Å²) < 4.78 is 33.9. The number of fused-ring (bicyclic) bond motifs is 1. The molecule has 2 aromatic carbocycles. The molecular formula is C28H31FN6O6. The van der Waals surface area contributed by atoms with Gasteiger partial charge in [-0.1, -0.05) is 12.1 Å². The number of imidazole rings is 1. The molecule has 0 atom stereocenters. The number of aryl methyl sites for hydroxylation is 1. The number of hydrogen-bond donors (Lipinski definition) is 0. The number of hydrogen-bond acceptors (Lipinski definition) is 8. The summed E-state index contributed by atoms with van der Waals surface area (Å²) in [5.41, 5.74) is 0.728. The number of carbonyl (C=O) groups is 1. The molecule has 0 unspecified atom stereocenters. The number of piperazine rings is 1. The van der Waals surface area contributed by atoms with Gasteiger partial charge in [-0.2, -0.15) is 4.98 Å². The van der Waals surface area contributed by atoms with Gasteiger partial charge in [0, 0.05) is 45.8 Å². The van der Waals surface area contributed by atoms with Crippen LogP contribution >= 0.6 is 0 Å². The van der Waals surface area contributed by atoms with Crippen LogP contribution in [0.5, 0.6) is 17.2 Å². The van der Waals surface area contributed by atoms with Crippen LogP contribution in [0.4, 0.5) is 10.3 Å². The summed E-state index contributed by atoms with van der Waals surface area (Å²) in [7, 11) is 7.47. The van der Waals surface area contributed by atoms with Gasteiger partial charge in [0.25, 0.3) is 11.5 Å². The highest BCUT2D eigenvalue weighted by atomic mass is 19.1.